The standard InChI is InChI=1S/C15H25N3O/c1-3-6-15(7-5-8-16-12-15)13(19)14-17-9-11-18(14)10-4-2/h9,11,16H,3-8,10,12H2,1-2H3. The molecule has 2 rings (SSSR count). The first kappa shape index (κ1) is 14.3. The fraction of sp³-hybridized carbons (Fsp3) is 0.733. The third-order valence-electron chi connectivity index (χ3n) is 4.07. The molecule has 0 radical (unpaired) electrons. The average Bonchev–Trinajstić information content (AvgIpc) is 2.88. The van der Waals surface area contributed by atoms with Crippen molar-refractivity contribution in [3.05, 3.63) is 18.2 Å². The molecule has 1 fully saturated rings. The molecule has 106 valence electrons. The van der Waals surface area contributed by atoms with E-state index in [0.29, 0.717) is 5.82 Å². The van der Waals surface area contributed by atoms with E-state index in [4.69, 9.17) is 0 Å². The second-order valence-corrected chi connectivity index (χ2v) is 5.58. The number of imidazole rings is 1. The van der Waals surface area contributed by atoms with Gasteiger partial charge in [-0.1, -0.05) is 20.3 Å². The van der Waals surface area contributed by atoms with Gasteiger partial charge in [-0.25, -0.2) is 4.98 Å². The lowest BCUT2D eigenvalue weighted by molar-refractivity contribution is 0.0701. The molecular formula is C15H25N3O. The maximum absolute atomic E-state index is 12.9. The van der Waals surface area contributed by atoms with Gasteiger partial charge in [-0.05, 0) is 32.2 Å². The molecule has 1 aromatic rings. The molecule has 4 nitrogen and oxygen atoms in total. The number of nitrogens with zero attached hydrogens (tertiary/aromatic N) is 2. The normalized spacial score (nSPS) is 23.5. The largest absolute Gasteiger partial charge is 0.329 e. The van der Waals surface area contributed by atoms with E-state index in [2.05, 4.69) is 24.1 Å². The van der Waals surface area contributed by atoms with Gasteiger partial charge in [-0.15, -0.1) is 0 Å². The zero-order valence-electron chi connectivity index (χ0n) is 12.1. The molecule has 0 spiro atoms. The Labute approximate surface area is 115 Å². The minimum atomic E-state index is -0.232. The first-order chi connectivity index (χ1) is 9.23. The van der Waals surface area contributed by atoms with Crippen molar-refractivity contribution in [3.8, 4) is 0 Å². The summed E-state index contributed by atoms with van der Waals surface area (Å²) in [7, 11) is 0. The monoisotopic (exact) mass is 263 g/mol. The lowest BCUT2D eigenvalue weighted by Gasteiger charge is -2.36. The lowest BCUT2D eigenvalue weighted by Crippen LogP contribution is -2.46. The van der Waals surface area contributed by atoms with E-state index in [0.717, 1.165) is 51.7 Å². The van der Waals surface area contributed by atoms with Crippen LogP contribution in [-0.2, 0) is 6.54 Å². The molecule has 1 saturated heterocycles. The third-order valence-corrected chi connectivity index (χ3v) is 4.07. The van der Waals surface area contributed by atoms with Crippen molar-refractivity contribution < 1.29 is 4.79 Å². The van der Waals surface area contributed by atoms with Crippen molar-refractivity contribution in [1.29, 1.82) is 0 Å². The number of rotatable bonds is 6. The fourth-order valence-electron chi connectivity index (χ4n) is 3.14. The average molecular weight is 263 g/mol. The first-order valence-corrected chi connectivity index (χ1v) is 7.50. The highest BCUT2D eigenvalue weighted by atomic mass is 16.1. The predicted molar refractivity (Wildman–Crippen MR) is 76.3 cm³/mol. The topological polar surface area (TPSA) is 46.9 Å². The van der Waals surface area contributed by atoms with Crippen LogP contribution in [0, 0.1) is 5.41 Å². The molecule has 0 amide bonds. The number of hydrogen-bond donors (Lipinski definition) is 1. The van der Waals surface area contributed by atoms with Crippen molar-refractivity contribution in [3.63, 3.8) is 0 Å². The second-order valence-electron chi connectivity index (χ2n) is 5.58. The highest BCUT2D eigenvalue weighted by Crippen LogP contribution is 2.35. The van der Waals surface area contributed by atoms with Gasteiger partial charge < -0.3 is 9.88 Å². The van der Waals surface area contributed by atoms with Crippen LogP contribution in [0.4, 0.5) is 0 Å². The highest BCUT2D eigenvalue weighted by molar-refractivity contribution is 5.98. The molecule has 1 aliphatic heterocycles. The molecule has 19 heavy (non-hydrogen) atoms. The Hall–Kier alpha value is -1.16. The molecular weight excluding hydrogens is 238 g/mol. The minimum absolute atomic E-state index is 0.232. The van der Waals surface area contributed by atoms with Crippen LogP contribution >= 0.6 is 0 Å². The van der Waals surface area contributed by atoms with Crippen LogP contribution in [0.5, 0.6) is 0 Å². The molecule has 1 atom stereocenters. The van der Waals surface area contributed by atoms with Crippen LogP contribution in [0.25, 0.3) is 0 Å². The van der Waals surface area contributed by atoms with Crippen molar-refractivity contribution in [2.45, 2.75) is 52.5 Å². The number of aromatic nitrogens is 2. The van der Waals surface area contributed by atoms with Gasteiger partial charge in [0.1, 0.15) is 0 Å². The number of Topliss-reactive ketones (excluding diaryl/α,β-unsaturated/α-hetero) is 1. The summed E-state index contributed by atoms with van der Waals surface area (Å²) in [4.78, 5) is 17.3. The van der Waals surface area contributed by atoms with Crippen LogP contribution in [0.15, 0.2) is 12.4 Å². The Morgan fingerprint density at radius 3 is 2.95 bits per heavy atom. The number of piperidine rings is 1. The number of aryl methyl sites for hydroxylation is 1. The Balaban J connectivity index is 2.25. The molecule has 0 aromatic carbocycles. The maximum Gasteiger partial charge on any atom is 0.205 e. The van der Waals surface area contributed by atoms with Crippen LogP contribution in [0.1, 0.15) is 56.6 Å². The van der Waals surface area contributed by atoms with E-state index in [1.807, 2.05) is 10.8 Å². The van der Waals surface area contributed by atoms with E-state index >= 15 is 0 Å². The minimum Gasteiger partial charge on any atom is -0.329 e. The molecule has 1 aromatic heterocycles. The predicted octanol–water partition coefficient (Wildman–Crippen LogP) is 2.65. The molecule has 0 aliphatic carbocycles. The molecule has 1 unspecified atom stereocenters. The smallest absolute Gasteiger partial charge is 0.205 e. The van der Waals surface area contributed by atoms with E-state index in [9.17, 15) is 4.79 Å². The zero-order chi connectivity index (χ0) is 13.7. The molecule has 1 N–H and O–H groups in total. The van der Waals surface area contributed by atoms with E-state index in [-0.39, 0.29) is 11.2 Å². The Morgan fingerprint density at radius 2 is 2.32 bits per heavy atom. The third kappa shape index (κ3) is 2.89. The van der Waals surface area contributed by atoms with Crippen molar-refractivity contribution in [2.75, 3.05) is 13.1 Å². The van der Waals surface area contributed by atoms with Crippen molar-refractivity contribution in [2.24, 2.45) is 5.41 Å². The van der Waals surface area contributed by atoms with Crippen molar-refractivity contribution >= 4 is 5.78 Å². The van der Waals surface area contributed by atoms with Crippen LogP contribution < -0.4 is 5.32 Å². The van der Waals surface area contributed by atoms with Gasteiger partial charge >= 0.3 is 0 Å². The Bertz CT molecular complexity index is 413. The van der Waals surface area contributed by atoms with Gasteiger partial charge in [0.15, 0.2) is 5.82 Å². The number of nitrogens with one attached hydrogen (secondary N) is 1. The molecule has 0 bridgehead atoms. The number of carbonyl (C=O) groups is 1. The van der Waals surface area contributed by atoms with Gasteiger partial charge in [0, 0.05) is 30.9 Å². The first-order valence-electron chi connectivity index (χ1n) is 7.50. The van der Waals surface area contributed by atoms with Crippen LogP contribution in [-0.4, -0.2) is 28.4 Å². The Morgan fingerprint density at radius 1 is 1.47 bits per heavy atom. The quantitative estimate of drug-likeness (QED) is 0.803. The second kappa shape index (κ2) is 6.33. The lowest BCUT2D eigenvalue weighted by atomic mass is 9.73. The molecule has 2 heterocycles. The Kier molecular flexibility index (Phi) is 4.75. The summed E-state index contributed by atoms with van der Waals surface area (Å²) in [5.41, 5.74) is -0.232. The number of carbonyl (C=O) groups excluding carboxylic acids is 1. The van der Waals surface area contributed by atoms with Gasteiger partial charge in [0.25, 0.3) is 0 Å². The maximum atomic E-state index is 12.9. The van der Waals surface area contributed by atoms with Crippen LogP contribution in [0.2, 0.25) is 0 Å². The summed E-state index contributed by atoms with van der Waals surface area (Å²) in [6.45, 7) is 6.98. The fourth-order valence-corrected chi connectivity index (χ4v) is 3.14. The van der Waals surface area contributed by atoms with Gasteiger partial charge in [0.2, 0.25) is 5.78 Å². The summed E-state index contributed by atoms with van der Waals surface area (Å²) in [6, 6.07) is 0. The molecule has 1 aliphatic rings. The summed E-state index contributed by atoms with van der Waals surface area (Å²) in [5, 5.41) is 3.40. The zero-order valence-corrected chi connectivity index (χ0v) is 12.1. The summed E-state index contributed by atoms with van der Waals surface area (Å²) >= 11 is 0. The van der Waals surface area contributed by atoms with Gasteiger partial charge in [-0.2, -0.15) is 0 Å². The van der Waals surface area contributed by atoms with Crippen molar-refractivity contribution in [1.82, 2.24) is 14.9 Å². The van der Waals surface area contributed by atoms with E-state index in [1.54, 1.807) is 6.20 Å². The van der Waals surface area contributed by atoms with Gasteiger partial charge in [0.05, 0.1) is 0 Å². The molecule has 4 heteroatoms. The van der Waals surface area contributed by atoms with E-state index in [1.165, 1.54) is 0 Å². The SMILES string of the molecule is CCCn1ccnc1C(=O)C1(CCC)CCCNC1. The number of hydrogen-bond acceptors (Lipinski definition) is 3. The van der Waals surface area contributed by atoms with Gasteiger partial charge in [-0.3, -0.25) is 4.79 Å². The molecule has 0 saturated carbocycles. The summed E-state index contributed by atoms with van der Waals surface area (Å²) < 4.78 is 2.01. The number of ketones is 1. The summed E-state index contributed by atoms with van der Waals surface area (Å²) in [5.74, 6) is 0.888. The van der Waals surface area contributed by atoms with Crippen LogP contribution in [0.3, 0.4) is 0 Å². The summed E-state index contributed by atoms with van der Waals surface area (Å²) in [6.07, 6.45) is 8.77. The van der Waals surface area contributed by atoms with E-state index < -0.39 is 0 Å². The highest BCUT2D eigenvalue weighted by Gasteiger charge is 2.40.